The number of primary amides is 1. The van der Waals surface area contributed by atoms with E-state index in [1.807, 2.05) is 6.07 Å². The van der Waals surface area contributed by atoms with Gasteiger partial charge in [-0.15, -0.1) is 0 Å². The van der Waals surface area contributed by atoms with Gasteiger partial charge in [-0.25, -0.2) is 9.97 Å². The molecule has 0 saturated heterocycles. The van der Waals surface area contributed by atoms with E-state index in [2.05, 4.69) is 16.9 Å². The fraction of sp³-hybridized carbons (Fsp3) is 0.300. The lowest BCUT2D eigenvalue weighted by atomic mass is 10.2. The van der Waals surface area contributed by atoms with Crippen molar-refractivity contribution in [1.82, 2.24) is 9.97 Å². The Kier molecular flexibility index (Phi) is 3.79. The van der Waals surface area contributed by atoms with Gasteiger partial charge in [0.15, 0.2) is 0 Å². The first kappa shape index (κ1) is 10.4. The summed E-state index contributed by atoms with van der Waals surface area (Å²) in [6, 6.07) is 1.85. The fourth-order valence-corrected chi connectivity index (χ4v) is 1.07. The van der Waals surface area contributed by atoms with Crippen molar-refractivity contribution >= 4 is 12.0 Å². The molecule has 0 spiro atoms. The maximum atomic E-state index is 10.5. The lowest BCUT2D eigenvalue weighted by Gasteiger charge is -1.97. The van der Waals surface area contributed by atoms with Crippen LogP contribution in [0.1, 0.15) is 24.7 Å². The van der Waals surface area contributed by atoms with E-state index in [0.29, 0.717) is 5.69 Å². The number of carbonyl (C=O) groups excluding carboxylic acids is 1. The molecule has 4 nitrogen and oxygen atoms in total. The number of amides is 1. The van der Waals surface area contributed by atoms with Gasteiger partial charge in [-0.05, 0) is 18.6 Å². The third-order valence-electron chi connectivity index (χ3n) is 1.67. The molecule has 4 heteroatoms. The Hall–Kier alpha value is -1.71. The molecule has 0 saturated carbocycles. The van der Waals surface area contributed by atoms with Gasteiger partial charge in [0.25, 0.3) is 0 Å². The van der Waals surface area contributed by atoms with Crippen LogP contribution in [0.2, 0.25) is 0 Å². The van der Waals surface area contributed by atoms with Crippen molar-refractivity contribution in [2.24, 2.45) is 5.73 Å². The molecule has 74 valence electrons. The number of carbonyl (C=O) groups is 1. The summed E-state index contributed by atoms with van der Waals surface area (Å²) in [4.78, 5) is 18.6. The van der Waals surface area contributed by atoms with Crippen LogP contribution in [-0.2, 0) is 11.2 Å². The van der Waals surface area contributed by atoms with Crippen LogP contribution >= 0.6 is 0 Å². The largest absolute Gasteiger partial charge is 0.366 e. The molecule has 0 aromatic carbocycles. The molecule has 1 aromatic rings. The van der Waals surface area contributed by atoms with Crippen LogP contribution in [-0.4, -0.2) is 15.9 Å². The number of hydrogen-bond donors (Lipinski definition) is 1. The zero-order chi connectivity index (χ0) is 10.4. The number of aryl methyl sites for hydroxylation is 1. The Bertz CT molecular complexity index is 347. The van der Waals surface area contributed by atoms with Crippen molar-refractivity contribution < 1.29 is 4.79 Å². The van der Waals surface area contributed by atoms with Gasteiger partial charge >= 0.3 is 0 Å². The molecule has 0 bridgehead atoms. The van der Waals surface area contributed by atoms with Gasteiger partial charge in [-0.2, -0.15) is 0 Å². The van der Waals surface area contributed by atoms with Crippen LogP contribution < -0.4 is 5.73 Å². The van der Waals surface area contributed by atoms with E-state index in [-0.39, 0.29) is 0 Å². The Morgan fingerprint density at radius 2 is 2.36 bits per heavy atom. The van der Waals surface area contributed by atoms with Crippen molar-refractivity contribution in [2.45, 2.75) is 19.8 Å². The second-order valence-electron chi connectivity index (χ2n) is 2.92. The van der Waals surface area contributed by atoms with Crippen molar-refractivity contribution in [1.29, 1.82) is 0 Å². The Balaban J connectivity index is 2.77. The Morgan fingerprint density at radius 3 is 3.00 bits per heavy atom. The second kappa shape index (κ2) is 5.11. The van der Waals surface area contributed by atoms with Gasteiger partial charge in [-0.1, -0.05) is 13.3 Å². The summed E-state index contributed by atoms with van der Waals surface area (Å²) in [5.74, 6) is -0.472. The zero-order valence-corrected chi connectivity index (χ0v) is 8.10. The molecule has 14 heavy (non-hydrogen) atoms. The molecular formula is C10H13N3O. The van der Waals surface area contributed by atoms with Crippen LogP contribution in [0.3, 0.4) is 0 Å². The van der Waals surface area contributed by atoms with E-state index in [9.17, 15) is 4.79 Å². The molecular weight excluding hydrogens is 178 g/mol. The van der Waals surface area contributed by atoms with Crippen molar-refractivity contribution in [3.05, 3.63) is 29.9 Å². The normalized spacial score (nSPS) is 10.6. The standard InChI is InChI=1S/C10H13N3O/c1-2-3-8-6-9(13-7-12-8)4-5-10(11)14/h4-7H,2-3H2,1H3,(H2,11,14)/b5-4+. The van der Waals surface area contributed by atoms with E-state index < -0.39 is 5.91 Å². The molecule has 0 atom stereocenters. The highest BCUT2D eigenvalue weighted by molar-refractivity contribution is 5.89. The molecule has 0 aliphatic rings. The molecule has 2 N–H and O–H groups in total. The fourth-order valence-electron chi connectivity index (χ4n) is 1.07. The summed E-state index contributed by atoms with van der Waals surface area (Å²) in [6.07, 6.45) is 6.32. The summed E-state index contributed by atoms with van der Waals surface area (Å²) in [6.45, 7) is 2.08. The van der Waals surface area contributed by atoms with Crippen molar-refractivity contribution in [3.8, 4) is 0 Å². The molecule has 1 amide bonds. The van der Waals surface area contributed by atoms with E-state index in [4.69, 9.17) is 5.73 Å². The van der Waals surface area contributed by atoms with E-state index in [0.717, 1.165) is 18.5 Å². The third-order valence-corrected chi connectivity index (χ3v) is 1.67. The zero-order valence-electron chi connectivity index (χ0n) is 8.10. The average molecular weight is 191 g/mol. The molecule has 0 aliphatic carbocycles. The van der Waals surface area contributed by atoms with Gasteiger partial charge in [0.05, 0.1) is 5.69 Å². The first-order valence-corrected chi connectivity index (χ1v) is 4.51. The molecule has 1 rings (SSSR count). The molecule has 0 unspecified atom stereocenters. The topological polar surface area (TPSA) is 68.9 Å². The van der Waals surface area contributed by atoms with Gasteiger partial charge in [0.2, 0.25) is 5.91 Å². The van der Waals surface area contributed by atoms with Crippen molar-refractivity contribution in [3.63, 3.8) is 0 Å². The quantitative estimate of drug-likeness (QED) is 0.720. The monoisotopic (exact) mass is 191 g/mol. The summed E-state index contributed by atoms with van der Waals surface area (Å²) >= 11 is 0. The molecule has 1 heterocycles. The first-order chi connectivity index (χ1) is 6.72. The smallest absolute Gasteiger partial charge is 0.241 e. The second-order valence-corrected chi connectivity index (χ2v) is 2.92. The first-order valence-electron chi connectivity index (χ1n) is 4.51. The number of rotatable bonds is 4. The summed E-state index contributed by atoms with van der Waals surface area (Å²) in [5, 5.41) is 0. The van der Waals surface area contributed by atoms with Gasteiger partial charge in [0, 0.05) is 11.8 Å². The lowest BCUT2D eigenvalue weighted by molar-refractivity contribution is -0.113. The number of aromatic nitrogens is 2. The lowest BCUT2D eigenvalue weighted by Crippen LogP contribution is -2.05. The van der Waals surface area contributed by atoms with Gasteiger partial charge < -0.3 is 5.73 Å². The van der Waals surface area contributed by atoms with Crippen LogP contribution in [0.4, 0.5) is 0 Å². The SMILES string of the molecule is CCCc1cc(/C=C/C(N)=O)ncn1. The van der Waals surface area contributed by atoms with Crippen LogP contribution in [0, 0.1) is 0 Å². The average Bonchev–Trinajstić information content (AvgIpc) is 2.16. The minimum absolute atomic E-state index is 0.472. The number of hydrogen-bond acceptors (Lipinski definition) is 3. The van der Waals surface area contributed by atoms with Gasteiger partial charge in [-0.3, -0.25) is 4.79 Å². The van der Waals surface area contributed by atoms with E-state index in [1.54, 1.807) is 6.08 Å². The summed E-state index contributed by atoms with van der Waals surface area (Å²) in [7, 11) is 0. The number of nitrogens with two attached hydrogens (primary N) is 1. The van der Waals surface area contributed by atoms with Crippen LogP contribution in [0.25, 0.3) is 6.08 Å². The van der Waals surface area contributed by atoms with Gasteiger partial charge in [0.1, 0.15) is 6.33 Å². The highest BCUT2D eigenvalue weighted by Gasteiger charge is 1.95. The minimum atomic E-state index is -0.472. The maximum Gasteiger partial charge on any atom is 0.241 e. The minimum Gasteiger partial charge on any atom is -0.366 e. The maximum absolute atomic E-state index is 10.5. The molecule has 0 aliphatic heterocycles. The molecule has 1 aromatic heterocycles. The number of nitrogens with zero attached hydrogens (tertiary/aromatic N) is 2. The van der Waals surface area contributed by atoms with Crippen LogP contribution in [0.15, 0.2) is 18.5 Å². The highest BCUT2D eigenvalue weighted by atomic mass is 16.1. The predicted octanol–water partition coefficient (Wildman–Crippen LogP) is 0.928. The van der Waals surface area contributed by atoms with E-state index >= 15 is 0 Å². The summed E-state index contributed by atoms with van der Waals surface area (Å²) < 4.78 is 0. The molecule has 0 fully saturated rings. The van der Waals surface area contributed by atoms with Crippen LogP contribution in [0.5, 0.6) is 0 Å². The summed E-state index contributed by atoms with van der Waals surface area (Å²) in [5.41, 5.74) is 6.66. The van der Waals surface area contributed by atoms with E-state index in [1.165, 1.54) is 12.4 Å². The Morgan fingerprint density at radius 1 is 1.57 bits per heavy atom. The molecule has 0 radical (unpaired) electrons. The van der Waals surface area contributed by atoms with Crippen molar-refractivity contribution in [2.75, 3.05) is 0 Å². The third kappa shape index (κ3) is 3.35. The predicted molar refractivity (Wildman–Crippen MR) is 54.3 cm³/mol. The highest BCUT2D eigenvalue weighted by Crippen LogP contribution is 2.02. The Labute approximate surface area is 82.9 Å².